The Labute approximate surface area is 100 Å². The van der Waals surface area contributed by atoms with Crippen molar-refractivity contribution >= 4 is 0 Å². The standard InChI is InChI=1S/C14H15NO2/c1-10-11-4-2-5-13(14-8-15-9-17-14)12(11)6-3-7-16-10/h2,4-5,8-10H,3,6-7H2,1H3/t10-/m1/s1. The van der Waals surface area contributed by atoms with Crippen LogP contribution in [0.1, 0.15) is 30.6 Å². The highest BCUT2D eigenvalue weighted by Crippen LogP contribution is 2.33. The number of benzene rings is 1. The van der Waals surface area contributed by atoms with Gasteiger partial charge in [-0.15, -0.1) is 0 Å². The predicted molar refractivity (Wildman–Crippen MR) is 64.6 cm³/mol. The largest absolute Gasteiger partial charge is 0.444 e. The van der Waals surface area contributed by atoms with Gasteiger partial charge in [0.2, 0.25) is 0 Å². The van der Waals surface area contributed by atoms with E-state index in [1.165, 1.54) is 17.5 Å². The first-order valence-electron chi connectivity index (χ1n) is 5.98. The molecule has 1 aromatic carbocycles. The van der Waals surface area contributed by atoms with Gasteiger partial charge in [-0.2, -0.15) is 0 Å². The van der Waals surface area contributed by atoms with Crippen molar-refractivity contribution in [2.24, 2.45) is 0 Å². The molecule has 2 aromatic rings. The molecule has 0 unspecified atom stereocenters. The molecule has 0 aliphatic carbocycles. The van der Waals surface area contributed by atoms with Crippen LogP contribution in [0, 0.1) is 0 Å². The zero-order valence-electron chi connectivity index (χ0n) is 9.85. The Morgan fingerprint density at radius 1 is 1.35 bits per heavy atom. The third-order valence-electron chi connectivity index (χ3n) is 3.29. The summed E-state index contributed by atoms with van der Waals surface area (Å²) in [6.07, 6.45) is 5.51. The first-order chi connectivity index (χ1) is 8.36. The average Bonchev–Trinajstić information content (AvgIpc) is 2.81. The molecule has 0 fully saturated rings. The highest BCUT2D eigenvalue weighted by molar-refractivity contribution is 5.63. The van der Waals surface area contributed by atoms with Crippen LogP contribution in [0.25, 0.3) is 11.3 Å². The van der Waals surface area contributed by atoms with Crippen LogP contribution in [0.15, 0.2) is 35.2 Å². The zero-order chi connectivity index (χ0) is 11.7. The number of hydrogen-bond donors (Lipinski definition) is 0. The topological polar surface area (TPSA) is 35.3 Å². The van der Waals surface area contributed by atoms with Crippen LogP contribution in [-0.2, 0) is 11.2 Å². The van der Waals surface area contributed by atoms with E-state index in [1.807, 2.05) is 0 Å². The fraction of sp³-hybridized carbons (Fsp3) is 0.357. The summed E-state index contributed by atoms with van der Waals surface area (Å²) in [6, 6.07) is 6.30. The summed E-state index contributed by atoms with van der Waals surface area (Å²) in [5, 5.41) is 0. The lowest BCUT2D eigenvalue weighted by Gasteiger charge is -2.14. The van der Waals surface area contributed by atoms with E-state index in [0.717, 1.165) is 30.8 Å². The van der Waals surface area contributed by atoms with Crippen LogP contribution in [0.5, 0.6) is 0 Å². The molecule has 2 heterocycles. The molecule has 3 nitrogen and oxygen atoms in total. The van der Waals surface area contributed by atoms with Crippen LogP contribution in [0.3, 0.4) is 0 Å². The summed E-state index contributed by atoms with van der Waals surface area (Å²) in [5.74, 6) is 0.843. The highest BCUT2D eigenvalue weighted by Gasteiger charge is 2.19. The highest BCUT2D eigenvalue weighted by atomic mass is 16.5. The normalized spacial score (nSPS) is 19.7. The molecule has 1 atom stereocenters. The third-order valence-corrected chi connectivity index (χ3v) is 3.29. The first kappa shape index (κ1) is 10.5. The van der Waals surface area contributed by atoms with Crippen molar-refractivity contribution in [3.63, 3.8) is 0 Å². The maximum absolute atomic E-state index is 5.76. The van der Waals surface area contributed by atoms with Crippen molar-refractivity contribution in [3.8, 4) is 11.3 Å². The van der Waals surface area contributed by atoms with Crippen molar-refractivity contribution in [1.82, 2.24) is 4.98 Å². The Bertz CT molecular complexity index is 505. The van der Waals surface area contributed by atoms with E-state index in [2.05, 4.69) is 30.1 Å². The van der Waals surface area contributed by atoms with Crippen LogP contribution in [-0.4, -0.2) is 11.6 Å². The number of fused-ring (bicyclic) bond motifs is 1. The second kappa shape index (κ2) is 4.34. The predicted octanol–water partition coefficient (Wildman–Crippen LogP) is 3.37. The maximum Gasteiger partial charge on any atom is 0.181 e. The maximum atomic E-state index is 5.76. The molecule has 3 rings (SSSR count). The molecular formula is C14H15NO2. The monoisotopic (exact) mass is 229 g/mol. The zero-order valence-corrected chi connectivity index (χ0v) is 9.85. The van der Waals surface area contributed by atoms with E-state index in [9.17, 15) is 0 Å². The van der Waals surface area contributed by atoms with Crippen molar-refractivity contribution < 1.29 is 9.15 Å². The molecule has 17 heavy (non-hydrogen) atoms. The van der Waals surface area contributed by atoms with E-state index in [-0.39, 0.29) is 6.10 Å². The van der Waals surface area contributed by atoms with Gasteiger partial charge in [-0.05, 0) is 30.9 Å². The van der Waals surface area contributed by atoms with E-state index < -0.39 is 0 Å². The smallest absolute Gasteiger partial charge is 0.181 e. The van der Waals surface area contributed by atoms with Gasteiger partial charge in [-0.3, -0.25) is 0 Å². The molecule has 1 aliphatic rings. The molecule has 1 aliphatic heterocycles. The lowest BCUT2D eigenvalue weighted by atomic mass is 9.94. The van der Waals surface area contributed by atoms with Gasteiger partial charge in [0, 0.05) is 12.2 Å². The molecule has 0 N–H and O–H groups in total. The molecule has 3 heteroatoms. The Morgan fingerprint density at radius 2 is 2.29 bits per heavy atom. The molecule has 0 spiro atoms. The number of rotatable bonds is 1. The molecule has 0 saturated carbocycles. The minimum Gasteiger partial charge on any atom is -0.444 e. The fourth-order valence-electron chi connectivity index (χ4n) is 2.44. The molecule has 0 radical (unpaired) electrons. The van der Waals surface area contributed by atoms with Gasteiger partial charge in [-0.25, -0.2) is 4.98 Å². The van der Waals surface area contributed by atoms with Crippen LogP contribution >= 0.6 is 0 Å². The Hall–Kier alpha value is -1.61. The van der Waals surface area contributed by atoms with Gasteiger partial charge >= 0.3 is 0 Å². The molecule has 0 bridgehead atoms. The minimum absolute atomic E-state index is 0.162. The third kappa shape index (κ3) is 1.87. The summed E-state index contributed by atoms with van der Waals surface area (Å²) in [6.45, 7) is 2.93. The second-order valence-corrected chi connectivity index (χ2v) is 4.36. The van der Waals surface area contributed by atoms with Crippen LogP contribution < -0.4 is 0 Å². The van der Waals surface area contributed by atoms with Gasteiger partial charge in [0.25, 0.3) is 0 Å². The van der Waals surface area contributed by atoms with Crippen LogP contribution in [0.4, 0.5) is 0 Å². The average molecular weight is 229 g/mol. The van der Waals surface area contributed by atoms with Crippen molar-refractivity contribution in [2.75, 3.05) is 6.61 Å². The molecule has 0 saturated heterocycles. The second-order valence-electron chi connectivity index (χ2n) is 4.36. The van der Waals surface area contributed by atoms with Crippen LogP contribution in [0.2, 0.25) is 0 Å². The van der Waals surface area contributed by atoms with E-state index in [1.54, 1.807) is 6.20 Å². The lowest BCUT2D eigenvalue weighted by molar-refractivity contribution is 0.0699. The van der Waals surface area contributed by atoms with Gasteiger partial charge in [-0.1, -0.05) is 18.2 Å². The summed E-state index contributed by atoms with van der Waals surface area (Å²) < 4.78 is 11.2. The summed E-state index contributed by atoms with van der Waals surface area (Å²) in [7, 11) is 0. The quantitative estimate of drug-likeness (QED) is 0.752. The number of nitrogens with zero attached hydrogens (tertiary/aromatic N) is 1. The summed E-state index contributed by atoms with van der Waals surface area (Å²) >= 11 is 0. The van der Waals surface area contributed by atoms with Crippen molar-refractivity contribution in [2.45, 2.75) is 25.9 Å². The van der Waals surface area contributed by atoms with Crippen molar-refractivity contribution in [1.29, 1.82) is 0 Å². The summed E-state index contributed by atoms with van der Waals surface area (Å²) in [4.78, 5) is 3.99. The number of aromatic nitrogens is 1. The Morgan fingerprint density at radius 3 is 3.12 bits per heavy atom. The number of hydrogen-bond acceptors (Lipinski definition) is 3. The van der Waals surface area contributed by atoms with Gasteiger partial charge < -0.3 is 9.15 Å². The fourth-order valence-corrected chi connectivity index (χ4v) is 2.44. The molecule has 0 amide bonds. The first-order valence-corrected chi connectivity index (χ1v) is 5.98. The minimum atomic E-state index is 0.162. The van der Waals surface area contributed by atoms with Gasteiger partial charge in [0.1, 0.15) is 0 Å². The SMILES string of the molecule is C[C@H]1OCCCc2c(-c3cnco3)cccc21. The number of ether oxygens (including phenoxy) is 1. The van der Waals surface area contributed by atoms with E-state index >= 15 is 0 Å². The Kier molecular flexibility index (Phi) is 2.69. The molecule has 88 valence electrons. The van der Waals surface area contributed by atoms with Gasteiger partial charge in [0.05, 0.1) is 12.3 Å². The number of oxazole rings is 1. The summed E-state index contributed by atoms with van der Waals surface area (Å²) in [5.41, 5.74) is 3.77. The van der Waals surface area contributed by atoms with Gasteiger partial charge in [0.15, 0.2) is 12.2 Å². The van der Waals surface area contributed by atoms with E-state index in [0.29, 0.717) is 0 Å². The van der Waals surface area contributed by atoms with E-state index in [4.69, 9.17) is 9.15 Å². The molecular weight excluding hydrogens is 214 g/mol. The Balaban J connectivity index is 2.15. The van der Waals surface area contributed by atoms with Crippen molar-refractivity contribution in [3.05, 3.63) is 41.9 Å². The molecule has 1 aromatic heterocycles. The lowest BCUT2D eigenvalue weighted by Crippen LogP contribution is -2.00.